The second-order valence-corrected chi connectivity index (χ2v) is 15.2. The Morgan fingerprint density at radius 2 is 1.66 bits per heavy atom. The summed E-state index contributed by atoms with van der Waals surface area (Å²) in [5, 5.41) is 10.5. The van der Waals surface area contributed by atoms with E-state index in [-0.39, 0.29) is 42.0 Å². The lowest BCUT2D eigenvalue weighted by Crippen LogP contribution is -2.50. The van der Waals surface area contributed by atoms with Crippen LogP contribution in [0.2, 0.25) is 5.02 Å². The molecule has 3 aliphatic heterocycles. The van der Waals surface area contributed by atoms with Crippen LogP contribution in [0.25, 0.3) is 21.9 Å². The van der Waals surface area contributed by atoms with Crippen molar-refractivity contribution < 1.29 is 27.9 Å². The highest BCUT2D eigenvalue weighted by Gasteiger charge is 2.38. The van der Waals surface area contributed by atoms with E-state index in [2.05, 4.69) is 26.8 Å². The Bertz CT molecular complexity index is 2040. The number of imidazole rings is 1. The molecular weight excluding hydrogens is 711 g/mol. The number of benzene rings is 2. The van der Waals surface area contributed by atoms with E-state index >= 15 is 0 Å². The van der Waals surface area contributed by atoms with Crippen molar-refractivity contribution in [1.29, 1.82) is 0 Å². The second kappa shape index (κ2) is 15.3. The summed E-state index contributed by atoms with van der Waals surface area (Å²) in [5.41, 5.74) is 0.782. The summed E-state index contributed by atoms with van der Waals surface area (Å²) in [5.74, 6) is -2.54. The molecule has 7 rings (SSSR count). The number of carbonyl (C=O) groups excluding carboxylic acids is 2. The number of alkyl halides is 3. The van der Waals surface area contributed by atoms with Gasteiger partial charge in [-0.3, -0.25) is 24.0 Å². The van der Waals surface area contributed by atoms with E-state index in [0.717, 1.165) is 62.4 Å². The number of amides is 2. The van der Waals surface area contributed by atoms with Crippen LogP contribution in [-0.2, 0) is 22.2 Å². The van der Waals surface area contributed by atoms with Crippen LogP contribution in [0.5, 0.6) is 5.75 Å². The number of rotatable bonds is 7. The number of aromatic amines is 1. The number of halogens is 4. The molecule has 3 saturated heterocycles. The number of H-pyrrole nitrogens is 1. The van der Waals surface area contributed by atoms with Gasteiger partial charge in [-0.1, -0.05) is 29.8 Å². The number of aromatic nitrogens is 3. The first-order valence-corrected chi connectivity index (χ1v) is 18.8. The number of hydrogen-bond donors (Lipinski definition) is 2. The highest BCUT2D eigenvalue weighted by Crippen LogP contribution is 2.41. The number of para-hydroxylation sites is 1. The summed E-state index contributed by atoms with van der Waals surface area (Å²) in [6.07, 6.45) is 0.162. The molecule has 2 aromatic carbocycles. The van der Waals surface area contributed by atoms with E-state index in [4.69, 9.17) is 11.6 Å². The van der Waals surface area contributed by atoms with Gasteiger partial charge in [-0.05, 0) is 82.4 Å². The van der Waals surface area contributed by atoms with Gasteiger partial charge in [0.1, 0.15) is 5.75 Å². The predicted molar refractivity (Wildman–Crippen MR) is 196 cm³/mol. The fourth-order valence-electron chi connectivity index (χ4n) is 8.46. The van der Waals surface area contributed by atoms with Gasteiger partial charge in [0, 0.05) is 63.2 Å². The maximum absolute atomic E-state index is 14.2. The van der Waals surface area contributed by atoms with Gasteiger partial charge in [-0.15, -0.1) is 0 Å². The van der Waals surface area contributed by atoms with Gasteiger partial charge in [-0.2, -0.15) is 13.2 Å². The van der Waals surface area contributed by atoms with E-state index in [0.29, 0.717) is 56.1 Å². The molecule has 0 spiro atoms. The lowest BCUT2D eigenvalue weighted by atomic mass is 9.91. The number of pyridine rings is 1. The van der Waals surface area contributed by atoms with Crippen molar-refractivity contribution in [3.8, 4) is 5.75 Å². The van der Waals surface area contributed by atoms with E-state index in [1.54, 1.807) is 20.6 Å². The lowest BCUT2D eigenvalue weighted by Gasteiger charge is -2.39. The fraction of sp³-hybridized carbons (Fsp3) is 0.526. The van der Waals surface area contributed by atoms with Crippen molar-refractivity contribution in [2.24, 2.45) is 5.92 Å². The molecule has 2 aromatic heterocycles. The van der Waals surface area contributed by atoms with Crippen molar-refractivity contribution in [3.05, 3.63) is 69.2 Å². The first kappa shape index (κ1) is 37.2. The molecule has 0 unspecified atom stereocenters. The molecule has 2 amide bonds. The maximum Gasteiger partial charge on any atom is 0.420 e. The molecule has 5 heterocycles. The van der Waals surface area contributed by atoms with Crippen LogP contribution >= 0.6 is 11.6 Å². The third-order valence-electron chi connectivity index (χ3n) is 11.4. The second-order valence-electron chi connectivity index (χ2n) is 14.8. The summed E-state index contributed by atoms with van der Waals surface area (Å²) < 4.78 is 43.1. The largest absolute Gasteiger partial charge is 0.506 e. The molecule has 0 aliphatic carbocycles. The van der Waals surface area contributed by atoms with Crippen LogP contribution in [0, 0.1) is 5.92 Å². The van der Waals surface area contributed by atoms with Gasteiger partial charge in [-0.25, -0.2) is 4.79 Å². The Hall–Kier alpha value is -4.14. The molecule has 53 heavy (non-hydrogen) atoms. The van der Waals surface area contributed by atoms with Crippen molar-refractivity contribution in [3.63, 3.8) is 0 Å². The van der Waals surface area contributed by atoms with Crippen LogP contribution in [0.15, 0.2) is 47.4 Å². The first-order valence-electron chi connectivity index (χ1n) is 18.4. The number of carbonyl (C=O) groups is 2. The standard InChI is InChI=1S/C38H45ClF3N7O4/c1-45-11-4-12-46(18-17-45)26-7-15-48(16-8-26)36(52)25(19-24-20-29(38(40,41)42)35(51)30(39)21-24)22-33(50)47-13-9-27(10-14-47)49-32-23-43-31-6-3-2-5-28(31)34(32)44-37(49)53/h2-3,5-6,20-21,23,25-27,51H,4,7-19,22H2,1H3,(H,44,53)/t25-/m0/s1. The Kier molecular flexibility index (Phi) is 10.7. The SMILES string of the molecule is CN1CCCN(C2CCN(C(=O)[C@H](CC(=O)N3CCC(n4c(=O)[nH]c5c6ccccc6ncc54)CC3)Cc3cc(Cl)c(O)c(C(F)(F)F)c3)CC2)CC1. The highest BCUT2D eigenvalue weighted by atomic mass is 35.5. The van der Waals surface area contributed by atoms with Crippen LogP contribution in [-0.4, -0.2) is 117 Å². The molecule has 1 atom stereocenters. The minimum absolute atomic E-state index is 0.119. The minimum Gasteiger partial charge on any atom is -0.506 e. The van der Waals surface area contributed by atoms with Crippen molar-refractivity contribution in [2.45, 2.75) is 63.2 Å². The Balaban J connectivity index is 1.06. The summed E-state index contributed by atoms with van der Waals surface area (Å²) in [4.78, 5) is 57.0. The Morgan fingerprint density at radius 3 is 2.40 bits per heavy atom. The third-order valence-corrected chi connectivity index (χ3v) is 11.7. The lowest BCUT2D eigenvalue weighted by molar-refractivity contribution is -0.143. The topological polar surface area (TPSA) is 118 Å². The van der Waals surface area contributed by atoms with E-state index in [9.17, 15) is 32.7 Å². The van der Waals surface area contributed by atoms with Crippen molar-refractivity contribution in [1.82, 2.24) is 34.1 Å². The van der Waals surface area contributed by atoms with Gasteiger partial charge < -0.3 is 24.8 Å². The number of phenols is 1. The van der Waals surface area contributed by atoms with E-state index in [1.807, 2.05) is 24.3 Å². The predicted octanol–water partition coefficient (Wildman–Crippen LogP) is 5.30. The Morgan fingerprint density at radius 1 is 0.962 bits per heavy atom. The van der Waals surface area contributed by atoms with Crippen molar-refractivity contribution in [2.75, 3.05) is 59.4 Å². The zero-order valence-electron chi connectivity index (χ0n) is 29.7. The summed E-state index contributed by atoms with van der Waals surface area (Å²) in [7, 11) is 2.12. The van der Waals surface area contributed by atoms with Crippen LogP contribution < -0.4 is 5.69 Å². The third kappa shape index (κ3) is 7.90. The minimum atomic E-state index is -4.86. The number of likely N-dealkylation sites (N-methyl/N-ethyl adjacent to an activating group) is 1. The van der Waals surface area contributed by atoms with Crippen LogP contribution in [0.1, 0.15) is 55.7 Å². The molecule has 0 bridgehead atoms. The number of aromatic hydroxyl groups is 1. The molecule has 15 heteroatoms. The molecule has 11 nitrogen and oxygen atoms in total. The Labute approximate surface area is 310 Å². The van der Waals surface area contributed by atoms with Gasteiger partial charge in [0.25, 0.3) is 0 Å². The number of phenolic OH excluding ortho intramolecular Hbond substituents is 1. The normalized spacial score (nSPS) is 19.6. The number of nitrogens with one attached hydrogen (secondary N) is 1. The van der Waals surface area contributed by atoms with Gasteiger partial charge in [0.05, 0.1) is 39.3 Å². The van der Waals surface area contributed by atoms with Crippen LogP contribution in [0.3, 0.4) is 0 Å². The van der Waals surface area contributed by atoms with Gasteiger partial charge >= 0.3 is 11.9 Å². The summed E-state index contributed by atoms with van der Waals surface area (Å²) >= 11 is 6.05. The first-order chi connectivity index (χ1) is 25.4. The average molecular weight is 756 g/mol. The number of hydrogen-bond acceptors (Lipinski definition) is 7. The summed E-state index contributed by atoms with van der Waals surface area (Å²) in [6, 6.07) is 9.80. The molecular formula is C38H45ClF3N7O4. The number of nitrogens with zero attached hydrogens (tertiary/aromatic N) is 6. The number of likely N-dealkylation sites (tertiary alicyclic amines) is 2. The maximum atomic E-state index is 14.2. The smallest absolute Gasteiger partial charge is 0.420 e. The quantitative estimate of drug-likeness (QED) is 0.263. The molecule has 284 valence electrons. The average Bonchev–Trinajstić information content (AvgIpc) is 3.33. The molecule has 2 N–H and O–H groups in total. The highest BCUT2D eigenvalue weighted by molar-refractivity contribution is 6.32. The van der Waals surface area contributed by atoms with Gasteiger partial charge in [0.2, 0.25) is 11.8 Å². The zero-order chi connectivity index (χ0) is 37.4. The summed E-state index contributed by atoms with van der Waals surface area (Å²) in [6.45, 7) is 5.71. The van der Waals surface area contributed by atoms with E-state index < -0.39 is 28.4 Å². The van der Waals surface area contributed by atoms with E-state index in [1.165, 1.54) is 6.07 Å². The van der Waals surface area contributed by atoms with Gasteiger partial charge in [0.15, 0.2) is 0 Å². The van der Waals surface area contributed by atoms with Crippen molar-refractivity contribution >= 4 is 45.4 Å². The molecule has 0 radical (unpaired) electrons. The fourth-order valence-corrected chi connectivity index (χ4v) is 8.70. The molecule has 0 saturated carbocycles. The number of fused-ring (bicyclic) bond motifs is 3. The molecule has 3 fully saturated rings. The monoisotopic (exact) mass is 755 g/mol. The molecule has 4 aromatic rings. The van der Waals surface area contributed by atoms with Crippen LogP contribution in [0.4, 0.5) is 13.2 Å². The molecule has 3 aliphatic rings. The number of piperidine rings is 2. The zero-order valence-corrected chi connectivity index (χ0v) is 30.5.